The van der Waals surface area contributed by atoms with Gasteiger partial charge < -0.3 is 10.5 Å². The number of hydrogen-bond donors (Lipinski definition) is 2. The summed E-state index contributed by atoms with van der Waals surface area (Å²) in [5, 5.41) is 16.0. The summed E-state index contributed by atoms with van der Waals surface area (Å²) in [6, 6.07) is 15.7. The molecule has 0 bridgehead atoms. The molecule has 3 amide bonds. The largest absolute Gasteiger partial charge is 0.411 e. The van der Waals surface area contributed by atoms with Gasteiger partial charge >= 0.3 is 0 Å². The summed E-state index contributed by atoms with van der Waals surface area (Å²) in [6.07, 6.45) is 1.86. The fraction of sp³-hybridized carbons (Fsp3) is 0.0909. The van der Waals surface area contributed by atoms with Crippen molar-refractivity contribution in [2.24, 2.45) is 5.16 Å². The molecule has 30 heavy (non-hydrogen) atoms. The second kappa shape index (κ2) is 8.30. The molecule has 4 rings (SSSR count). The third-order valence-electron chi connectivity index (χ3n) is 4.76. The molecule has 0 aliphatic carbocycles. The van der Waals surface area contributed by atoms with Crippen molar-refractivity contribution in [2.75, 3.05) is 5.32 Å². The second-order valence-electron chi connectivity index (χ2n) is 6.67. The summed E-state index contributed by atoms with van der Waals surface area (Å²) in [5.74, 6) is -1.15. The maximum atomic E-state index is 13.0. The predicted octanol–water partition coefficient (Wildman–Crippen LogP) is 3.80. The van der Waals surface area contributed by atoms with E-state index in [1.54, 1.807) is 35.7 Å². The zero-order valence-corrected chi connectivity index (χ0v) is 16.6. The first-order valence-electron chi connectivity index (χ1n) is 9.16. The van der Waals surface area contributed by atoms with Crippen LogP contribution in [0.4, 0.5) is 5.69 Å². The molecule has 2 heterocycles. The van der Waals surface area contributed by atoms with Crippen LogP contribution in [0.15, 0.2) is 65.1 Å². The number of carbonyl (C=O) groups is 3. The summed E-state index contributed by atoms with van der Waals surface area (Å²) in [4.78, 5) is 40.0. The molecule has 150 valence electrons. The van der Waals surface area contributed by atoms with Crippen LogP contribution in [0.5, 0.6) is 0 Å². The molecule has 0 saturated carbocycles. The van der Waals surface area contributed by atoms with Gasteiger partial charge in [0.15, 0.2) is 0 Å². The van der Waals surface area contributed by atoms with Gasteiger partial charge in [0, 0.05) is 12.6 Å². The molecule has 0 atom stereocenters. The first-order valence-corrected chi connectivity index (χ1v) is 10.0. The van der Waals surface area contributed by atoms with E-state index in [1.807, 2.05) is 24.3 Å². The third kappa shape index (κ3) is 3.72. The van der Waals surface area contributed by atoms with Gasteiger partial charge in [-0.25, -0.2) is 0 Å². The van der Waals surface area contributed by atoms with E-state index in [0.29, 0.717) is 17.0 Å². The Balaban J connectivity index is 1.55. The van der Waals surface area contributed by atoms with Crippen molar-refractivity contribution < 1.29 is 19.6 Å². The molecule has 0 unspecified atom stereocenters. The molecular weight excluding hydrogens is 402 g/mol. The number of fused-ring (bicyclic) bond motifs is 1. The van der Waals surface area contributed by atoms with Gasteiger partial charge in [-0.15, -0.1) is 16.5 Å². The predicted molar refractivity (Wildman–Crippen MR) is 113 cm³/mol. The third-order valence-corrected chi connectivity index (χ3v) is 5.63. The number of thiophene rings is 1. The Morgan fingerprint density at radius 2 is 1.80 bits per heavy atom. The van der Waals surface area contributed by atoms with E-state index in [4.69, 9.17) is 5.21 Å². The van der Waals surface area contributed by atoms with Crippen LogP contribution < -0.4 is 5.32 Å². The number of imide groups is 1. The molecule has 0 spiro atoms. The number of carbonyl (C=O) groups excluding carboxylic acids is 3. The number of hydrogen-bond acceptors (Lipinski definition) is 6. The Morgan fingerprint density at radius 1 is 1.03 bits per heavy atom. The van der Waals surface area contributed by atoms with Crippen molar-refractivity contribution in [2.45, 2.75) is 13.0 Å². The van der Waals surface area contributed by atoms with Crippen LogP contribution in [0, 0.1) is 0 Å². The van der Waals surface area contributed by atoms with Crippen LogP contribution in [-0.4, -0.2) is 34.0 Å². The van der Waals surface area contributed by atoms with Crippen molar-refractivity contribution in [1.82, 2.24) is 4.90 Å². The molecule has 1 aliphatic rings. The molecule has 0 saturated heterocycles. The Labute approximate surface area is 176 Å². The molecular formula is C22H17N3O4S. The highest BCUT2D eigenvalue weighted by atomic mass is 32.1. The number of nitrogens with zero attached hydrogens (tertiary/aromatic N) is 2. The summed E-state index contributed by atoms with van der Waals surface area (Å²) in [6.45, 7) is 0.124. The van der Waals surface area contributed by atoms with E-state index < -0.39 is 11.8 Å². The van der Waals surface area contributed by atoms with Gasteiger partial charge in [0.05, 0.1) is 28.2 Å². The van der Waals surface area contributed by atoms with Gasteiger partial charge in [-0.1, -0.05) is 36.4 Å². The molecule has 3 aromatic rings. The van der Waals surface area contributed by atoms with E-state index in [1.165, 1.54) is 22.5 Å². The monoisotopic (exact) mass is 419 g/mol. The number of rotatable bonds is 6. The minimum Gasteiger partial charge on any atom is -0.411 e. The normalized spacial score (nSPS) is 13.1. The van der Waals surface area contributed by atoms with Crippen LogP contribution in [0.25, 0.3) is 0 Å². The summed E-state index contributed by atoms with van der Waals surface area (Å²) in [5.41, 5.74) is 2.55. The highest BCUT2D eigenvalue weighted by molar-refractivity contribution is 7.12. The molecule has 2 aromatic carbocycles. The Hall–Kier alpha value is -3.78. The zero-order chi connectivity index (χ0) is 21.1. The van der Waals surface area contributed by atoms with Crippen molar-refractivity contribution in [3.05, 3.63) is 87.1 Å². The van der Waals surface area contributed by atoms with Gasteiger partial charge in [-0.05, 0) is 34.7 Å². The number of nitrogens with one attached hydrogen (secondary N) is 1. The lowest BCUT2D eigenvalue weighted by Gasteiger charge is -2.14. The standard InChI is InChI=1S/C22H17N3O4S/c26-20(18-5-2-12-30-18)24-17-4-1-3-16-19(17)22(28)25(21(16)27)13-15-8-6-14(7-9-15)10-11-23-29/h1-9,11-12,29H,10,13H2,(H,24,26)/b23-11+. The van der Waals surface area contributed by atoms with Crippen LogP contribution >= 0.6 is 11.3 Å². The van der Waals surface area contributed by atoms with E-state index in [2.05, 4.69) is 10.5 Å². The molecule has 1 aromatic heterocycles. The maximum absolute atomic E-state index is 13.0. The van der Waals surface area contributed by atoms with E-state index in [-0.39, 0.29) is 23.6 Å². The van der Waals surface area contributed by atoms with Crippen LogP contribution in [-0.2, 0) is 13.0 Å². The van der Waals surface area contributed by atoms with Crippen molar-refractivity contribution >= 4 is 41.0 Å². The summed E-state index contributed by atoms with van der Waals surface area (Å²) < 4.78 is 0. The van der Waals surface area contributed by atoms with Crippen LogP contribution in [0.1, 0.15) is 41.5 Å². The number of anilines is 1. The summed E-state index contributed by atoms with van der Waals surface area (Å²) in [7, 11) is 0. The van der Waals surface area contributed by atoms with Gasteiger partial charge in [0.1, 0.15) is 0 Å². The molecule has 0 fully saturated rings. The highest BCUT2D eigenvalue weighted by Gasteiger charge is 2.37. The smallest absolute Gasteiger partial charge is 0.265 e. The van der Waals surface area contributed by atoms with Crippen LogP contribution in [0.3, 0.4) is 0 Å². The van der Waals surface area contributed by atoms with Gasteiger partial charge in [-0.3, -0.25) is 19.3 Å². The van der Waals surface area contributed by atoms with E-state index in [0.717, 1.165) is 11.1 Å². The molecule has 1 aliphatic heterocycles. The first kappa shape index (κ1) is 19.5. The minimum absolute atomic E-state index is 0.124. The molecule has 8 heteroatoms. The Kier molecular flexibility index (Phi) is 5.40. The van der Waals surface area contributed by atoms with Gasteiger partial charge in [-0.2, -0.15) is 0 Å². The van der Waals surface area contributed by atoms with Gasteiger partial charge in [0.2, 0.25) is 0 Å². The molecule has 7 nitrogen and oxygen atoms in total. The highest BCUT2D eigenvalue weighted by Crippen LogP contribution is 2.31. The van der Waals surface area contributed by atoms with Crippen molar-refractivity contribution in [1.29, 1.82) is 0 Å². The average molecular weight is 419 g/mol. The van der Waals surface area contributed by atoms with E-state index in [9.17, 15) is 14.4 Å². The number of amides is 3. The topological polar surface area (TPSA) is 99.1 Å². The minimum atomic E-state index is -0.437. The zero-order valence-electron chi connectivity index (χ0n) is 15.7. The number of oxime groups is 1. The SMILES string of the molecule is O=C(Nc1cccc2c1C(=O)N(Cc1ccc(C/C=N/O)cc1)C2=O)c1cccs1. The van der Waals surface area contributed by atoms with Gasteiger partial charge in [0.25, 0.3) is 17.7 Å². The first-order chi connectivity index (χ1) is 14.6. The van der Waals surface area contributed by atoms with Crippen molar-refractivity contribution in [3.63, 3.8) is 0 Å². The lowest BCUT2D eigenvalue weighted by atomic mass is 10.1. The Bertz CT molecular complexity index is 1140. The van der Waals surface area contributed by atoms with E-state index >= 15 is 0 Å². The van der Waals surface area contributed by atoms with Crippen molar-refractivity contribution in [3.8, 4) is 0 Å². The summed E-state index contributed by atoms with van der Waals surface area (Å²) >= 11 is 1.30. The van der Waals surface area contributed by atoms with Crippen LogP contribution in [0.2, 0.25) is 0 Å². The average Bonchev–Trinajstić information content (AvgIpc) is 3.38. The lowest BCUT2D eigenvalue weighted by Crippen LogP contribution is -2.29. The fourth-order valence-corrected chi connectivity index (χ4v) is 3.90. The lowest BCUT2D eigenvalue weighted by molar-refractivity contribution is 0.0642. The fourth-order valence-electron chi connectivity index (χ4n) is 3.28. The quantitative estimate of drug-likeness (QED) is 0.275. The number of benzene rings is 2. The molecule has 2 N–H and O–H groups in total. The molecule has 0 radical (unpaired) electrons. The Morgan fingerprint density at radius 3 is 2.50 bits per heavy atom. The second-order valence-corrected chi connectivity index (χ2v) is 7.62. The maximum Gasteiger partial charge on any atom is 0.265 e.